The van der Waals surface area contributed by atoms with Gasteiger partial charge in [-0.1, -0.05) is 6.92 Å². The number of aryl methyl sites for hydroxylation is 2. The molecule has 0 bridgehead atoms. The highest BCUT2D eigenvalue weighted by molar-refractivity contribution is 7.12. The third kappa shape index (κ3) is 2.30. The summed E-state index contributed by atoms with van der Waals surface area (Å²) < 4.78 is 0. The zero-order valence-electron chi connectivity index (χ0n) is 8.37. The van der Waals surface area contributed by atoms with Crippen LogP contribution < -0.4 is 5.73 Å². The van der Waals surface area contributed by atoms with E-state index in [1.165, 1.54) is 10.4 Å². The van der Waals surface area contributed by atoms with E-state index in [9.17, 15) is 5.11 Å². The van der Waals surface area contributed by atoms with Crippen molar-refractivity contribution >= 4 is 11.3 Å². The average molecular weight is 199 g/mol. The number of aliphatic hydroxyl groups is 1. The Bertz CT molecular complexity index is 263. The number of hydrogen-bond donors (Lipinski definition) is 2. The summed E-state index contributed by atoms with van der Waals surface area (Å²) in [6, 6.07) is 2.05. The van der Waals surface area contributed by atoms with Gasteiger partial charge < -0.3 is 10.8 Å². The fourth-order valence-electron chi connectivity index (χ4n) is 1.16. The van der Waals surface area contributed by atoms with Crippen LogP contribution >= 0.6 is 11.3 Å². The molecule has 0 aromatic carbocycles. The Labute approximate surface area is 83.4 Å². The van der Waals surface area contributed by atoms with Gasteiger partial charge in [-0.2, -0.15) is 0 Å². The Morgan fingerprint density at radius 1 is 1.54 bits per heavy atom. The number of nitrogens with two attached hydrogens (primary N) is 1. The molecule has 0 spiro atoms. The van der Waals surface area contributed by atoms with Crippen molar-refractivity contribution in [3.05, 3.63) is 21.4 Å². The summed E-state index contributed by atoms with van der Waals surface area (Å²) >= 11 is 1.66. The third-order valence-electron chi connectivity index (χ3n) is 2.39. The van der Waals surface area contributed by atoms with Gasteiger partial charge in [-0.15, -0.1) is 11.3 Å². The maximum Gasteiger partial charge on any atom is 0.0919 e. The van der Waals surface area contributed by atoms with Gasteiger partial charge in [-0.3, -0.25) is 0 Å². The molecule has 13 heavy (non-hydrogen) atoms. The molecule has 3 heteroatoms. The second-order valence-corrected chi connectivity index (χ2v) is 4.83. The minimum Gasteiger partial charge on any atom is -0.387 e. The van der Waals surface area contributed by atoms with E-state index < -0.39 is 6.10 Å². The van der Waals surface area contributed by atoms with Crippen LogP contribution in [0.5, 0.6) is 0 Å². The van der Waals surface area contributed by atoms with E-state index in [0.29, 0.717) is 6.54 Å². The molecule has 0 aliphatic heterocycles. The van der Waals surface area contributed by atoms with E-state index in [2.05, 4.69) is 19.9 Å². The topological polar surface area (TPSA) is 46.2 Å². The standard InChI is InChI=1S/C10H17NOS/c1-6-4-9(13-8(6)3)10(12)7(2)5-11/h4,7,10,12H,5,11H2,1-3H3. The maximum atomic E-state index is 9.86. The van der Waals surface area contributed by atoms with Crippen LogP contribution in [0.4, 0.5) is 0 Å². The molecule has 0 fully saturated rings. The summed E-state index contributed by atoms with van der Waals surface area (Å²) in [7, 11) is 0. The van der Waals surface area contributed by atoms with Gasteiger partial charge in [0, 0.05) is 9.75 Å². The Kier molecular flexibility index (Phi) is 3.47. The number of aliphatic hydroxyl groups excluding tert-OH is 1. The van der Waals surface area contributed by atoms with Gasteiger partial charge in [-0.05, 0) is 37.9 Å². The summed E-state index contributed by atoms with van der Waals surface area (Å²) in [5.41, 5.74) is 6.75. The Balaban J connectivity index is 2.82. The molecule has 0 aliphatic rings. The van der Waals surface area contributed by atoms with E-state index in [1.54, 1.807) is 11.3 Å². The third-order valence-corrected chi connectivity index (χ3v) is 3.61. The summed E-state index contributed by atoms with van der Waals surface area (Å²) in [5, 5.41) is 9.86. The van der Waals surface area contributed by atoms with Gasteiger partial charge in [-0.25, -0.2) is 0 Å². The molecule has 2 nitrogen and oxygen atoms in total. The predicted octanol–water partition coefficient (Wildman–Crippen LogP) is 1.99. The number of rotatable bonds is 3. The normalized spacial score (nSPS) is 15.8. The molecule has 0 saturated carbocycles. The SMILES string of the molecule is Cc1cc(C(O)C(C)CN)sc1C. The molecule has 1 aromatic heterocycles. The largest absolute Gasteiger partial charge is 0.387 e. The molecular formula is C10H17NOS. The quantitative estimate of drug-likeness (QED) is 0.782. The van der Waals surface area contributed by atoms with E-state index in [-0.39, 0.29) is 5.92 Å². The zero-order valence-corrected chi connectivity index (χ0v) is 9.19. The average Bonchev–Trinajstić information content (AvgIpc) is 2.44. The summed E-state index contributed by atoms with van der Waals surface area (Å²) in [4.78, 5) is 2.31. The van der Waals surface area contributed by atoms with Crippen LogP contribution in [0, 0.1) is 19.8 Å². The van der Waals surface area contributed by atoms with Crippen LogP contribution in [-0.4, -0.2) is 11.7 Å². The molecule has 0 amide bonds. The minimum absolute atomic E-state index is 0.137. The molecule has 74 valence electrons. The predicted molar refractivity (Wildman–Crippen MR) is 57.0 cm³/mol. The van der Waals surface area contributed by atoms with Gasteiger partial charge in [0.1, 0.15) is 0 Å². The van der Waals surface area contributed by atoms with Crippen molar-refractivity contribution in [3.63, 3.8) is 0 Å². The first kappa shape index (κ1) is 10.7. The molecule has 2 atom stereocenters. The Hall–Kier alpha value is -0.380. The first-order valence-electron chi connectivity index (χ1n) is 4.51. The molecule has 2 unspecified atom stereocenters. The molecular weight excluding hydrogens is 182 g/mol. The fraction of sp³-hybridized carbons (Fsp3) is 0.600. The molecule has 1 aromatic rings. The van der Waals surface area contributed by atoms with Crippen LogP contribution in [0.1, 0.15) is 28.3 Å². The van der Waals surface area contributed by atoms with Gasteiger partial charge >= 0.3 is 0 Å². The monoisotopic (exact) mass is 199 g/mol. The number of hydrogen-bond acceptors (Lipinski definition) is 3. The molecule has 0 aliphatic carbocycles. The summed E-state index contributed by atoms with van der Waals surface area (Å²) in [6.07, 6.45) is -0.401. The van der Waals surface area contributed by atoms with Crippen molar-refractivity contribution in [1.82, 2.24) is 0 Å². The van der Waals surface area contributed by atoms with Crippen molar-refractivity contribution in [1.29, 1.82) is 0 Å². The molecule has 1 heterocycles. The first-order valence-corrected chi connectivity index (χ1v) is 5.33. The number of thiophene rings is 1. The summed E-state index contributed by atoms with van der Waals surface area (Å²) in [6.45, 7) is 6.63. The molecule has 1 rings (SSSR count). The van der Waals surface area contributed by atoms with E-state index in [1.807, 2.05) is 6.92 Å². The lowest BCUT2D eigenvalue weighted by Gasteiger charge is -2.14. The van der Waals surface area contributed by atoms with Gasteiger partial charge in [0.2, 0.25) is 0 Å². The second-order valence-electron chi connectivity index (χ2n) is 3.55. The zero-order chi connectivity index (χ0) is 10.0. The van der Waals surface area contributed by atoms with Crippen molar-refractivity contribution in [2.45, 2.75) is 26.9 Å². The minimum atomic E-state index is -0.401. The fourth-order valence-corrected chi connectivity index (χ4v) is 2.32. The highest BCUT2D eigenvalue weighted by atomic mass is 32.1. The molecule has 3 N–H and O–H groups in total. The van der Waals surface area contributed by atoms with Gasteiger partial charge in [0.15, 0.2) is 0 Å². The van der Waals surface area contributed by atoms with Gasteiger partial charge in [0.25, 0.3) is 0 Å². The maximum absolute atomic E-state index is 9.86. The smallest absolute Gasteiger partial charge is 0.0919 e. The van der Waals surface area contributed by atoms with Gasteiger partial charge in [0.05, 0.1) is 6.10 Å². The Morgan fingerprint density at radius 3 is 2.54 bits per heavy atom. The molecule has 0 saturated heterocycles. The summed E-state index contributed by atoms with van der Waals surface area (Å²) in [5.74, 6) is 0.137. The lowest BCUT2D eigenvalue weighted by atomic mass is 10.0. The van der Waals surface area contributed by atoms with Crippen molar-refractivity contribution < 1.29 is 5.11 Å². The molecule has 0 radical (unpaired) electrons. The van der Waals surface area contributed by atoms with Crippen LogP contribution in [0.2, 0.25) is 0 Å². The first-order chi connectivity index (χ1) is 6.06. The van der Waals surface area contributed by atoms with Crippen LogP contribution in [0.15, 0.2) is 6.07 Å². The van der Waals surface area contributed by atoms with Crippen LogP contribution in [-0.2, 0) is 0 Å². The highest BCUT2D eigenvalue weighted by Crippen LogP contribution is 2.30. The van der Waals surface area contributed by atoms with E-state index >= 15 is 0 Å². The Morgan fingerprint density at radius 2 is 2.15 bits per heavy atom. The highest BCUT2D eigenvalue weighted by Gasteiger charge is 2.17. The van der Waals surface area contributed by atoms with Crippen molar-refractivity contribution in [3.8, 4) is 0 Å². The lowest BCUT2D eigenvalue weighted by molar-refractivity contribution is 0.125. The van der Waals surface area contributed by atoms with E-state index in [0.717, 1.165) is 4.88 Å². The van der Waals surface area contributed by atoms with Crippen molar-refractivity contribution in [2.75, 3.05) is 6.54 Å². The van der Waals surface area contributed by atoms with Crippen LogP contribution in [0.3, 0.4) is 0 Å². The van der Waals surface area contributed by atoms with Crippen LogP contribution in [0.25, 0.3) is 0 Å². The lowest BCUT2D eigenvalue weighted by Crippen LogP contribution is -2.17. The van der Waals surface area contributed by atoms with Crippen molar-refractivity contribution in [2.24, 2.45) is 11.7 Å². The second kappa shape index (κ2) is 4.22. The van der Waals surface area contributed by atoms with E-state index in [4.69, 9.17) is 5.73 Å².